The number of hydrogen-bond acceptors (Lipinski definition) is 7. The molecule has 0 radical (unpaired) electrons. The number of nitrogens with one attached hydrogen (secondary N) is 2. The number of nitrogens with two attached hydrogens (primary N) is 1. The molecule has 1 aromatic heterocycles. The van der Waals surface area contributed by atoms with Gasteiger partial charge in [-0.2, -0.15) is 15.0 Å². The Hall–Kier alpha value is -2.62. The summed E-state index contributed by atoms with van der Waals surface area (Å²) in [5, 5.41) is 2.55. The van der Waals surface area contributed by atoms with Crippen molar-refractivity contribution in [3.05, 3.63) is 29.6 Å². The van der Waals surface area contributed by atoms with E-state index in [1.54, 1.807) is 19.0 Å². The molecule has 2 rings (SSSR count). The molecular weight excluding hydrogens is 287 g/mol. The second kappa shape index (κ2) is 5.79. The fourth-order valence-electron chi connectivity index (χ4n) is 1.44. The zero-order valence-corrected chi connectivity index (χ0v) is 11.2. The number of aromatic nitrogens is 3. The average molecular weight is 299 g/mol. The van der Waals surface area contributed by atoms with E-state index in [1.807, 2.05) is 0 Å². The molecule has 0 aliphatic rings. The number of nitrogen functional groups attached to an aromatic ring is 1. The molecule has 0 bridgehead atoms. The van der Waals surface area contributed by atoms with E-state index in [1.165, 1.54) is 0 Å². The van der Waals surface area contributed by atoms with Gasteiger partial charge in [0.05, 0.1) is 0 Å². The summed E-state index contributed by atoms with van der Waals surface area (Å²) in [7, 11) is 3.38. The van der Waals surface area contributed by atoms with Crippen LogP contribution >= 0.6 is 0 Å². The van der Waals surface area contributed by atoms with E-state index in [4.69, 9.17) is 5.84 Å². The first-order valence-electron chi connectivity index (χ1n) is 5.72. The van der Waals surface area contributed by atoms with Gasteiger partial charge in [0.15, 0.2) is 17.5 Å². The predicted molar refractivity (Wildman–Crippen MR) is 71.6 cm³/mol. The third-order valence-electron chi connectivity index (χ3n) is 2.39. The van der Waals surface area contributed by atoms with E-state index in [0.29, 0.717) is 0 Å². The highest BCUT2D eigenvalue weighted by Crippen LogP contribution is 2.21. The number of hydrogen-bond donors (Lipinski definition) is 3. The maximum Gasteiger partial charge on any atom is 0.243 e. The highest BCUT2D eigenvalue weighted by atomic mass is 19.2. The zero-order chi connectivity index (χ0) is 15.6. The highest BCUT2D eigenvalue weighted by Gasteiger charge is 2.13. The molecule has 0 saturated heterocycles. The van der Waals surface area contributed by atoms with Crippen LogP contribution in [0.25, 0.3) is 0 Å². The molecule has 21 heavy (non-hydrogen) atoms. The molecule has 0 aliphatic carbocycles. The van der Waals surface area contributed by atoms with E-state index >= 15 is 0 Å². The van der Waals surface area contributed by atoms with Gasteiger partial charge in [-0.05, 0) is 0 Å². The summed E-state index contributed by atoms with van der Waals surface area (Å²) in [6.45, 7) is 0. The first-order chi connectivity index (χ1) is 9.90. The Morgan fingerprint density at radius 3 is 2.10 bits per heavy atom. The molecule has 4 N–H and O–H groups in total. The summed E-state index contributed by atoms with van der Waals surface area (Å²) in [6, 6.07) is 1.57. The van der Waals surface area contributed by atoms with Crippen LogP contribution in [-0.2, 0) is 0 Å². The van der Waals surface area contributed by atoms with Crippen LogP contribution in [0, 0.1) is 17.5 Å². The van der Waals surface area contributed by atoms with Crippen molar-refractivity contribution in [2.24, 2.45) is 5.84 Å². The van der Waals surface area contributed by atoms with Gasteiger partial charge in [0, 0.05) is 31.9 Å². The molecule has 0 fully saturated rings. The first kappa shape index (κ1) is 14.8. The van der Waals surface area contributed by atoms with Crippen molar-refractivity contribution in [2.45, 2.75) is 0 Å². The van der Waals surface area contributed by atoms with Crippen molar-refractivity contribution in [2.75, 3.05) is 29.7 Å². The van der Waals surface area contributed by atoms with Crippen molar-refractivity contribution >= 4 is 23.5 Å². The molecule has 10 heteroatoms. The Kier molecular flexibility index (Phi) is 4.08. The normalized spacial score (nSPS) is 10.4. The summed E-state index contributed by atoms with van der Waals surface area (Å²) >= 11 is 0. The zero-order valence-electron chi connectivity index (χ0n) is 11.2. The Morgan fingerprint density at radius 1 is 1.00 bits per heavy atom. The van der Waals surface area contributed by atoms with Gasteiger partial charge in [0.1, 0.15) is 0 Å². The van der Waals surface area contributed by atoms with Crippen molar-refractivity contribution in [3.63, 3.8) is 0 Å². The molecule has 0 spiro atoms. The lowest BCUT2D eigenvalue weighted by Crippen LogP contribution is -2.18. The van der Waals surface area contributed by atoms with Gasteiger partial charge < -0.3 is 10.2 Å². The number of benzene rings is 1. The minimum Gasteiger partial charge on any atom is -0.347 e. The van der Waals surface area contributed by atoms with Gasteiger partial charge in [0.25, 0.3) is 0 Å². The lowest BCUT2D eigenvalue weighted by Gasteiger charge is -2.13. The summed E-state index contributed by atoms with van der Waals surface area (Å²) in [5.74, 6) is 1.35. The van der Waals surface area contributed by atoms with Crippen molar-refractivity contribution in [1.29, 1.82) is 0 Å². The Bertz CT molecular complexity index is 639. The van der Waals surface area contributed by atoms with E-state index in [-0.39, 0.29) is 23.5 Å². The van der Waals surface area contributed by atoms with E-state index < -0.39 is 17.5 Å². The molecule has 7 nitrogen and oxygen atoms in total. The SMILES string of the molecule is CN(C)c1nc(NN)nc(Nc2cc(F)c(F)c(F)c2)n1. The van der Waals surface area contributed by atoms with Crippen LogP contribution < -0.4 is 21.5 Å². The number of rotatable bonds is 4. The number of anilines is 4. The van der Waals surface area contributed by atoms with Gasteiger partial charge in [0.2, 0.25) is 17.8 Å². The Balaban J connectivity index is 2.37. The molecule has 0 unspecified atom stereocenters. The van der Waals surface area contributed by atoms with Crippen molar-refractivity contribution in [1.82, 2.24) is 15.0 Å². The highest BCUT2D eigenvalue weighted by molar-refractivity contribution is 5.56. The molecule has 0 atom stereocenters. The van der Waals surface area contributed by atoms with Crippen LogP contribution in [0.2, 0.25) is 0 Å². The average Bonchev–Trinajstić information content (AvgIpc) is 2.44. The fraction of sp³-hybridized carbons (Fsp3) is 0.182. The van der Waals surface area contributed by atoms with E-state index in [9.17, 15) is 13.2 Å². The largest absolute Gasteiger partial charge is 0.347 e. The first-order valence-corrected chi connectivity index (χ1v) is 5.72. The van der Waals surface area contributed by atoms with Crippen molar-refractivity contribution < 1.29 is 13.2 Å². The molecule has 112 valence electrons. The maximum atomic E-state index is 13.1. The van der Waals surface area contributed by atoms with Crippen molar-refractivity contribution in [3.8, 4) is 0 Å². The molecule has 0 aliphatic heterocycles. The topological polar surface area (TPSA) is 92.0 Å². The lowest BCUT2D eigenvalue weighted by molar-refractivity contribution is 0.448. The second-order valence-electron chi connectivity index (χ2n) is 4.20. The Morgan fingerprint density at radius 2 is 1.57 bits per heavy atom. The van der Waals surface area contributed by atoms with Crippen LogP contribution in [0.1, 0.15) is 0 Å². The van der Waals surface area contributed by atoms with Gasteiger partial charge in [-0.15, -0.1) is 0 Å². The Labute approximate surface area is 118 Å². The van der Waals surface area contributed by atoms with Gasteiger partial charge in [-0.25, -0.2) is 19.0 Å². The van der Waals surface area contributed by atoms with Crippen LogP contribution in [0.3, 0.4) is 0 Å². The standard InChI is InChI=1S/C11H12F3N7/c1-21(2)11-18-9(17-10(19-11)20-15)16-5-3-6(12)8(14)7(13)4-5/h3-4H,15H2,1-2H3,(H2,16,17,18,19,20). The lowest BCUT2D eigenvalue weighted by atomic mass is 10.3. The smallest absolute Gasteiger partial charge is 0.243 e. The molecule has 2 aromatic rings. The van der Waals surface area contributed by atoms with Gasteiger partial charge >= 0.3 is 0 Å². The summed E-state index contributed by atoms with van der Waals surface area (Å²) < 4.78 is 39.2. The van der Waals surface area contributed by atoms with Crippen LogP contribution in [0.4, 0.5) is 36.7 Å². The third-order valence-corrected chi connectivity index (χ3v) is 2.39. The number of halogens is 3. The van der Waals surface area contributed by atoms with Gasteiger partial charge in [-0.3, -0.25) is 5.43 Å². The number of nitrogens with zero attached hydrogens (tertiary/aromatic N) is 4. The van der Waals surface area contributed by atoms with E-state index in [2.05, 4.69) is 25.7 Å². The monoisotopic (exact) mass is 299 g/mol. The van der Waals surface area contributed by atoms with Crippen LogP contribution in [0.5, 0.6) is 0 Å². The quantitative estimate of drug-likeness (QED) is 0.446. The molecule has 1 heterocycles. The van der Waals surface area contributed by atoms with Crippen LogP contribution in [0.15, 0.2) is 12.1 Å². The van der Waals surface area contributed by atoms with E-state index in [0.717, 1.165) is 12.1 Å². The molecule has 1 aromatic carbocycles. The summed E-state index contributed by atoms with van der Waals surface area (Å²) in [5.41, 5.74) is 2.19. The van der Waals surface area contributed by atoms with Gasteiger partial charge in [-0.1, -0.05) is 0 Å². The maximum absolute atomic E-state index is 13.1. The molecule has 0 amide bonds. The van der Waals surface area contributed by atoms with Crippen LogP contribution in [-0.4, -0.2) is 29.0 Å². The molecule has 0 saturated carbocycles. The second-order valence-corrected chi connectivity index (χ2v) is 4.20. The summed E-state index contributed by atoms with van der Waals surface area (Å²) in [4.78, 5) is 13.4. The number of hydrazine groups is 1. The predicted octanol–water partition coefficient (Wildman–Crippen LogP) is 1.38. The molecular formula is C11H12F3N7. The summed E-state index contributed by atoms with van der Waals surface area (Å²) in [6.07, 6.45) is 0. The third kappa shape index (κ3) is 3.28. The minimum atomic E-state index is -1.55. The fourth-order valence-corrected chi connectivity index (χ4v) is 1.44. The minimum absolute atomic E-state index is 0.00735.